The fourth-order valence-corrected chi connectivity index (χ4v) is 3.12. The third kappa shape index (κ3) is 2.42. The van der Waals surface area contributed by atoms with Crippen molar-refractivity contribution in [1.29, 1.82) is 0 Å². The number of hydrogen-bond donors (Lipinski definition) is 0. The van der Waals surface area contributed by atoms with Crippen molar-refractivity contribution >= 4 is 21.8 Å². The number of nitroso groups, excluding NO2 is 2. The molecule has 23 heavy (non-hydrogen) atoms. The average Bonchev–Trinajstić information content (AvgIpc) is 2.92. The summed E-state index contributed by atoms with van der Waals surface area (Å²) in [5.41, 5.74) is 4.03. The zero-order valence-electron chi connectivity index (χ0n) is 13.5. The SMILES string of the molecule is CCn1c2ccc(C(C)N=O)cc2c2cc(C(C)N=O)ccc21. The molecule has 0 aliphatic heterocycles. The molecule has 0 aliphatic rings. The molecule has 0 saturated heterocycles. The van der Waals surface area contributed by atoms with E-state index in [1.165, 1.54) is 0 Å². The molecule has 5 nitrogen and oxygen atoms in total. The van der Waals surface area contributed by atoms with E-state index in [1.807, 2.05) is 36.4 Å². The Balaban J connectivity index is 2.34. The van der Waals surface area contributed by atoms with E-state index < -0.39 is 0 Å². The molecule has 1 heterocycles. The van der Waals surface area contributed by atoms with Crippen molar-refractivity contribution in [1.82, 2.24) is 4.57 Å². The highest BCUT2D eigenvalue weighted by Gasteiger charge is 2.14. The molecule has 0 bridgehead atoms. The van der Waals surface area contributed by atoms with Crippen LogP contribution in [0.5, 0.6) is 0 Å². The highest BCUT2D eigenvalue weighted by Crippen LogP contribution is 2.33. The minimum Gasteiger partial charge on any atom is -0.341 e. The summed E-state index contributed by atoms with van der Waals surface area (Å²) in [7, 11) is 0. The molecule has 0 spiro atoms. The number of nitrogens with zero attached hydrogens (tertiary/aromatic N) is 3. The van der Waals surface area contributed by atoms with E-state index in [2.05, 4.69) is 21.8 Å². The van der Waals surface area contributed by atoms with Gasteiger partial charge < -0.3 is 4.57 Å². The van der Waals surface area contributed by atoms with Crippen molar-refractivity contribution in [3.05, 3.63) is 57.3 Å². The maximum atomic E-state index is 10.8. The molecule has 0 radical (unpaired) electrons. The first-order valence-corrected chi connectivity index (χ1v) is 7.81. The van der Waals surface area contributed by atoms with E-state index in [-0.39, 0.29) is 12.1 Å². The molecule has 3 rings (SSSR count). The lowest BCUT2D eigenvalue weighted by Crippen LogP contribution is -1.94. The van der Waals surface area contributed by atoms with Gasteiger partial charge in [0.2, 0.25) is 0 Å². The van der Waals surface area contributed by atoms with E-state index in [4.69, 9.17) is 0 Å². The normalized spacial score (nSPS) is 14.0. The van der Waals surface area contributed by atoms with Crippen LogP contribution in [0.1, 0.15) is 44.0 Å². The Morgan fingerprint density at radius 3 is 1.65 bits per heavy atom. The number of rotatable bonds is 5. The van der Waals surface area contributed by atoms with Crippen molar-refractivity contribution in [3.63, 3.8) is 0 Å². The molecule has 0 saturated carbocycles. The summed E-state index contributed by atoms with van der Waals surface area (Å²) in [6, 6.07) is 11.3. The monoisotopic (exact) mass is 309 g/mol. The van der Waals surface area contributed by atoms with E-state index in [1.54, 1.807) is 13.8 Å². The van der Waals surface area contributed by atoms with Crippen molar-refractivity contribution in [3.8, 4) is 0 Å². The van der Waals surface area contributed by atoms with Crippen molar-refractivity contribution < 1.29 is 0 Å². The van der Waals surface area contributed by atoms with Gasteiger partial charge in [-0.05, 0) is 56.2 Å². The largest absolute Gasteiger partial charge is 0.341 e. The predicted octanol–water partition coefficient (Wildman–Crippen LogP) is 5.47. The maximum Gasteiger partial charge on any atom is 0.114 e. The molecular formula is C18H19N3O2. The van der Waals surface area contributed by atoms with Crippen LogP contribution in [0.4, 0.5) is 0 Å². The minimum atomic E-state index is -0.377. The first-order valence-electron chi connectivity index (χ1n) is 7.81. The zero-order valence-corrected chi connectivity index (χ0v) is 13.5. The summed E-state index contributed by atoms with van der Waals surface area (Å²) in [6.45, 7) is 6.53. The molecule has 0 aliphatic carbocycles. The number of aryl methyl sites for hydroxylation is 1. The fraction of sp³-hybridized carbons (Fsp3) is 0.333. The Hall–Kier alpha value is -2.56. The Bertz CT molecular complexity index is 827. The highest BCUT2D eigenvalue weighted by molar-refractivity contribution is 6.08. The Kier molecular flexibility index (Phi) is 3.94. The van der Waals surface area contributed by atoms with Crippen LogP contribution in [-0.4, -0.2) is 4.57 Å². The maximum absolute atomic E-state index is 10.8. The number of aromatic nitrogens is 1. The van der Waals surface area contributed by atoms with Crippen molar-refractivity contribution in [2.45, 2.75) is 39.4 Å². The lowest BCUT2D eigenvalue weighted by molar-refractivity contribution is 0.807. The molecule has 0 amide bonds. The van der Waals surface area contributed by atoms with Crippen LogP contribution < -0.4 is 0 Å². The summed E-state index contributed by atoms with van der Waals surface area (Å²) >= 11 is 0. The van der Waals surface area contributed by atoms with E-state index >= 15 is 0 Å². The standard InChI is InChI=1S/C18H19N3O2/c1-4-21-17-7-5-13(11(2)19-22)9-15(17)16-10-14(12(3)20-23)6-8-18(16)21/h5-12H,4H2,1-3H3. The van der Waals surface area contributed by atoms with E-state index in [0.717, 1.165) is 39.5 Å². The first-order chi connectivity index (χ1) is 11.1. The van der Waals surface area contributed by atoms with Crippen LogP contribution >= 0.6 is 0 Å². The summed E-state index contributed by atoms with van der Waals surface area (Å²) in [4.78, 5) is 21.7. The fourth-order valence-electron chi connectivity index (χ4n) is 3.12. The van der Waals surface area contributed by atoms with Gasteiger partial charge in [-0.15, -0.1) is 0 Å². The lowest BCUT2D eigenvalue weighted by Gasteiger charge is -2.05. The second kappa shape index (κ2) is 5.91. The molecule has 2 unspecified atom stereocenters. The van der Waals surface area contributed by atoms with Crippen LogP contribution in [0.25, 0.3) is 21.8 Å². The van der Waals surface area contributed by atoms with Crippen LogP contribution in [0.15, 0.2) is 46.8 Å². The number of fused-ring (bicyclic) bond motifs is 3. The van der Waals surface area contributed by atoms with Crippen LogP contribution in [-0.2, 0) is 6.54 Å². The quantitative estimate of drug-likeness (QED) is 0.587. The minimum absolute atomic E-state index is 0.377. The van der Waals surface area contributed by atoms with Crippen molar-refractivity contribution in [2.24, 2.45) is 10.4 Å². The van der Waals surface area contributed by atoms with Crippen LogP contribution in [0.3, 0.4) is 0 Å². The topological polar surface area (TPSA) is 63.8 Å². The summed E-state index contributed by atoms with van der Waals surface area (Å²) in [6.07, 6.45) is 0. The summed E-state index contributed by atoms with van der Waals surface area (Å²) in [5.74, 6) is 0. The first kappa shape index (κ1) is 15.3. The molecule has 3 aromatic rings. The van der Waals surface area contributed by atoms with Gasteiger partial charge in [0.15, 0.2) is 0 Å². The van der Waals surface area contributed by atoms with Gasteiger partial charge in [0.1, 0.15) is 12.1 Å². The zero-order chi connectivity index (χ0) is 16.6. The Morgan fingerprint density at radius 1 is 0.870 bits per heavy atom. The average molecular weight is 309 g/mol. The van der Waals surface area contributed by atoms with Gasteiger partial charge >= 0.3 is 0 Å². The molecule has 0 N–H and O–H groups in total. The van der Waals surface area contributed by atoms with Gasteiger partial charge in [0.05, 0.1) is 0 Å². The van der Waals surface area contributed by atoms with Crippen LogP contribution in [0.2, 0.25) is 0 Å². The molecule has 1 aromatic heterocycles. The molecule has 5 heteroatoms. The molecule has 2 atom stereocenters. The summed E-state index contributed by atoms with van der Waals surface area (Å²) < 4.78 is 2.23. The number of benzene rings is 2. The second-order valence-electron chi connectivity index (χ2n) is 5.86. The van der Waals surface area contributed by atoms with Gasteiger partial charge in [0, 0.05) is 28.4 Å². The molecule has 0 fully saturated rings. The Morgan fingerprint density at radius 2 is 1.30 bits per heavy atom. The van der Waals surface area contributed by atoms with E-state index in [9.17, 15) is 9.81 Å². The van der Waals surface area contributed by atoms with Gasteiger partial charge in [-0.2, -0.15) is 9.81 Å². The predicted molar refractivity (Wildman–Crippen MR) is 93.5 cm³/mol. The van der Waals surface area contributed by atoms with Crippen molar-refractivity contribution in [2.75, 3.05) is 0 Å². The summed E-state index contributed by atoms with van der Waals surface area (Å²) in [5, 5.41) is 8.39. The van der Waals surface area contributed by atoms with Gasteiger partial charge in [0.25, 0.3) is 0 Å². The molecule has 118 valence electrons. The number of hydrogen-bond acceptors (Lipinski definition) is 4. The lowest BCUT2D eigenvalue weighted by atomic mass is 10.0. The van der Waals surface area contributed by atoms with Gasteiger partial charge in [-0.1, -0.05) is 22.5 Å². The van der Waals surface area contributed by atoms with Gasteiger partial charge in [-0.25, -0.2) is 0 Å². The third-order valence-electron chi connectivity index (χ3n) is 4.51. The molecule has 2 aromatic carbocycles. The molecular weight excluding hydrogens is 290 g/mol. The smallest absolute Gasteiger partial charge is 0.114 e. The van der Waals surface area contributed by atoms with Crippen LogP contribution in [0, 0.1) is 9.81 Å². The van der Waals surface area contributed by atoms with E-state index in [0.29, 0.717) is 0 Å². The highest BCUT2D eigenvalue weighted by atomic mass is 16.3. The van der Waals surface area contributed by atoms with Gasteiger partial charge in [-0.3, -0.25) is 0 Å². The Labute approximate surface area is 134 Å². The third-order valence-corrected chi connectivity index (χ3v) is 4.51. The second-order valence-corrected chi connectivity index (χ2v) is 5.86.